The molecule has 208 valence electrons. The molecule has 0 aliphatic carbocycles. The molecule has 0 aliphatic heterocycles. The van der Waals surface area contributed by atoms with Crippen molar-refractivity contribution in [2.75, 3.05) is 10.8 Å². The summed E-state index contributed by atoms with van der Waals surface area (Å²) in [6, 6.07) is 16.9. The van der Waals surface area contributed by atoms with E-state index in [1.807, 2.05) is 13.8 Å². The Labute approximate surface area is 228 Å². The minimum Gasteiger partial charge on any atom is -0.352 e. The van der Waals surface area contributed by atoms with E-state index in [-0.39, 0.29) is 35.5 Å². The Balaban J connectivity index is 2.02. The van der Waals surface area contributed by atoms with Gasteiger partial charge in [0, 0.05) is 12.6 Å². The maximum absolute atomic E-state index is 13.9. The number of nitrogens with one attached hydrogen (secondary N) is 1. The monoisotopic (exact) mass is 557 g/mol. The molecule has 2 atom stereocenters. The maximum Gasteiger partial charge on any atom is 0.264 e. The zero-order chi connectivity index (χ0) is 28.6. The minimum absolute atomic E-state index is 0.0369. The van der Waals surface area contributed by atoms with Crippen LogP contribution in [0.1, 0.15) is 39.2 Å². The molecule has 1 N–H and O–H groups in total. The highest BCUT2D eigenvalue weighted by Crippen LogP contribution is 2.25. The molecule has 3 aromatic rings. The van der Waals surface area contributed by atoms with Gasteiger partial charge < -0.3 is 10.2 Å². The van der Waals surface area contributed by atoms with Crippen LogP contribution in [0.2, 0.25) is 0 Å². The van der Waals surface area contributed by atoms with E-state index in [9.17, 15) is 26.8 Å². The fourth-order valence-electron chi connectivity index (χ4n) is 4.00. The summed E-state index contributed by atoms with van der Waals surface area (Å²) >= 11 is 0. The zero-order valence-electron chi connectivity index (χ0n) is 22.2. The van der Waals surface area contributed by atoms with E-state index >= 15 is 0 Å². The SMILES string of the molecule is CC[C@H](C(=O)N[C@@H](C)CC)N(Cc1ccc(F)cc1)C(=O)CN(c1ccccc1)S(=O)(=O)c1ccc(F)cc1. The van der Waals surface area contributed by atoms with E-state index in [1.54, 1.807) is 37.3 Å². The Bertz CT molecular complexity index is 1350. The number of carbonyl (C=O) groups excluding carboxylic acids is 2. The second-order valence-corrected chi connectivity index (χ2v) is 11.1. The normalized spacial score (nSPS) is 12.8. The quantitative estimate of drug-likeness (QED) is 0.344. The van der Waals surface area contributed by atoms with E-state index in [4.69, 9.17) is 0 Å². The van der Waals surface area contributed by atoms with Crippen LogP contribution in [0.3, 0.4) is 0 Å². The van der Waals surface area contributed by atoms with Gasteiger partial charge in [0.05, 0.1) is 10.6 Å². The number of halogens is 2. The molecule has 2 amide bonds. The second kappa shape index (κ2) is 13.3. The summed E-state index contributed by atoms with van der Waals surface area (Å²) in [6.07, 6.45) is 0.955. The minimum atomic E-state index is -4.28. The van der Waals surface area contributed by atoms with Crippen LogP contribution in [0.5, 0.6) is 0 Å². The first kappa shape index (κ1) is 29.8. The third-order valence-corrected chi connectivity index (χ3v) is 8.17. The van der Waals surface area contributed by atoms with Gasteiger partial charge in [0.2, 0.25) is 11.8 Å². The fourth-order valence-corrected chi connectivity index (χ4v) is 5.42. The van der Waals surface area contributed by atoms with E-state index in [1.165, 1.54) is 29.2 Å². The first-order valence-corrected chi connectivity index (χ1v) is 14.2. The summed E-state index contributed by atoms with van der Waals surface area (Å²) in [5, 5.41) is 2.90. The van der Waals surface area contributed by atoms with Crippen LogP contribution in [0, 0.1) is 11.6 Å². The van der Waals surface area contributed by atoms with Crippen LogP contribution in [0.25, 0.3) is 0 Å². The Kier molecular flexibility index (Phi) is 10.2. The summed E-state index contributed by atoms with van der Waals surface area (Å²) in [5.74, 6) is -2.03. The highest BCUT2D eigenvalue weighted by atomic mass is 32.2. The lowest BCUT2D eigenvalue weighted by Gasteiger charge is -2.33. The van der Waals surface area contributed by atoms with Gasteiger partial charge in [-0.05, 0) is 73.9 Å². The third-order valence-electron chi connectivity index (χ3n) is 6.38. The smallest absolute Gasteiger partial charge is 0.264 e. The zero-order valence-corrected chi connectivity index (χ0v) is 23.0. The molecule has 0 aromatic heterocycles. The van der Waals surface area contributed by atoms with Gasteiger partial charge in [0.15, 0.2) is 0 Å². The molecule has 0 aliphatic rings. The van der Waals surface area contributed by atoms with Gasteiger partial charge in [-0.25, -0.2) is 17.2 Å². The Morgan fingerprint density at radius 1 is 0.846 bits per heavy atom. The van der Waals surface area contributed by atoms with Gasteiger partial charge in [-0.15, -0.1) is 0 Å². The summed E-state index contributed by atoms with van der Waals surface area (Å²) in [7, 11) is -4.28. The molecule has 10 heteroatoms. The average Bonchev–Trinajstić information content (AvgIpc) is 2.93. The molecule has 0 bridgehead atoms. The van der Waals surface area contributed by atoms with Crippen LogP contribution in [-0.2, 0) is 26.2 Å². The van der Waals surface area contributed by atoms with E-state index < -0.39 is 40.2 Å². The molecule has 0 heterocycles. The van der Waals surface area contributed by atoms with E-state index in [0.29, 0.717) is 12.0 Å². The average molecular weight is 558 g/mol. The van der Waals surface area contributed by atoms with Crippen molar-refractivity contribution in [2.45, 2.75) is 57.1 Å². The fraction of sp³-hybridized carbons (Fsp3) is 0.310. The van der Waals surface area contributed by atoms with Crippen molar-refractivity contribution in [1.82, 2.24) is 10.2 Å². The summed E-state index contributed by atoms with van der Waals surface area (Å²) in [6.45, 7) is 4.88. The number of benzene rings is 3. The largest absolute Gasteiger partial charge is 0.352 e. The number of hydrogen-bond donors (Lipinski definition) is 1. The molecule has 7 nitrogen and oxygen atoms in total. The molecule has 0 unspecified atom stereocenters. The number of carbonyl (C=O) groups is 2. The first-order valence-electron chi connectivity index (χ1n) is 12.7. The van der Waals surface area contributed by atoms with Crippen LogP contribution < -0.4 is 9.62 Å². The van der Waals surface area contributed by atoms with Crippen molar-refractivity contribution in [1.29, 1.82) is 0 Å². The van der Waals surface area contributed by atoms with Crippen molar-refractivity contribution in [2.24, 2.45) is 0 Å². The Morgan fingerprint density at radius 3 is 1.95 bits per heavy atom. The number of sulfonamides is 1. The molecule has 0 spiro atoms. The number of rotatable bonds is 12. The van der Waals surface area contributed by atoms with Crippen LogP contribution in [-0.4, -0.2) is 43.8 Å². The van der Waals surface area contributed by atoms with E-state index in [0.717, 1.165) is 28.6 Å². The predicted molar refractivity (Wildman–Crippen MR) is 146 cm³/mol. The molecular weight excluding hydrogens is 524 g/mol. The van der Waals surface area contributed by atoms with Gasteiger partial charge in [-0.2, -0.15) is 0 Å². The second-order valence-electron chi connectivity index (χ2n) is 9.19. The van der Waals surface area contributed by atoms with Gasteiger partial charge in [-0.1, -0.05) is 44.2 Å². The number of nitrogens with zero attached hydrogens (tertiary/aromatic N) is 2. The predicted octanol–water partition coefficient (Wildman–Crippen LogP) is 4.88. The molecule has 3 aromatic carbocycles. The molecule has 3 rings (SSSR count). The van der Waals surface area contributed by atoms with Gasteiger partial charge in [0.25, 0.3) is 10.0 Å². The highest BCUT2D eigenvalue weighted by Gasteiger charge is 2.34. The standard InChI is InChI=1S/C29H33F2N3O4S/c1-4-21(3)32-29(36)27(5-2)33(19-22-11-13-23(30)14-12-22)28(35)20-34(25-9-7-6-8-10-25)39(37,38)26-17-15-24(31)16-18-26/h6-18,21,27H,4-5,19-20H2,1-3H3,(H,32,36)/t21-,27+/m0/s1. The lowest BCUT2D eigenvalue weighted by Crippen LogP contribution is -2.53. The van der Waals surface area contributed by atoms with Gasteiger partial charge in [0.1, 0.15) is 24.2 Å². The topological polar surface area (TPSA) is 86.8 Å². The van der Waals surface area contributed by atoms with Crippen molar-refractivity contribution < 1.29 is 26.8 Å². The van der Waals surface area contributed by atoms with Gasteiger partial charge in [-0.3, -0.25) is 13.9 Å². The number of amides is 2. The van der Waals surface area contributed by atoms with Crippen LogP contribution >= 0.6 is 0 Å². The molecular formula is C29H33F2N3O4S. The molecule has 0 saturated carbocycles. The van der Waals surface area contributed by atoms with Crippen molar-refractivity contribution >= 4 is 27.5 Å². The summed E-state index contributed by atoms with van der Waals surface area (Å²) in [5.41, 5.74) is 0.807. The summed E-state index contributed by atoms with van der Waals surface area (Å²) < 4.78 is 55.4. The van der Waals surface area contributed by atoms with Crippen molar-refractivity contribution in [3.63, 3.8) is 0 Å². The Morgan fingerprint density at radius 2 is 1.41 bits per heavy atom. The molecule has 0 fully saturated rings. The molecule has 0 saturated heterocycles. The number of hydrogen-bond acceptors (Lipinski definition) is 4. The van der Waals surface area contributed by atoms with Crippen molar-refractivity contribution in [3.8, 4) is 0 Å². The maximum atomic E-state index is 13.9. The number of para-hydroxylation sites is 1. The van der Waals surface area contributed by atoms with Gasteiger partial charge >= 0.3 is 0 Å². The number of anilines is 1. The third kappa shape index (κ3) is 7.63. The van der Waals surface area contributed by atoms with Crippen molar-refractivity contribution in [3.05, 3.63) is 96.1 Å². The Hall–Kier alpha value is -3.79. The molecule has 39 heavy (non-hydrogen) atoms. The lowest BCUT2D eigenvalue weighted by molar-refractivity contribution is -0.140. The highest BCUT2D eigenvalue weighted by molar-refractivity contribution is 7.92. The molecule has 0 radical (unpaired) electrons. The van der Waals surface area contributed by atoms with Crippen LogP contribution in [0.15, 0.2) is 83.8 Å². The summed E-state index contributed by atoms with van der Waals surface area (Å²) in [4.78, 5) is 28.2. The van der Waals surface area contributed by atoms with Crippen LogP contribution in [0.4, 0.5) is 14.5 Å². The first-order chi connectivity index (χ1) is 18.6. The van der Waals surface area contributed by atoms with E-state index in [2.05, 4.69) is 5.32 Å². The lowest BCUT2D eigenvalue weighted by atomic mass is 10.1.